The third kappa shape index (κ3) is 2.99. The summed E-state index contributed by atoms with van der Waals surface area (Å²) in [5.74, 6) is 2.22. The minimum absolute atomic E-state index is 0.0528. The number of Topliss-reactive ketones (excluding diaryl/α,β-unsaturated/α-hetero) is 1. The van der Waals surface area contributed by atoms with Gasteiger partial charge in [0.15, 0.2) is 0 Å². The Kier molecular flexibility index (Phi) is 4.68. The number of fused-ring (bicyclic) bond motifs is 2. The van der Waals surface area contributed by atoms with E-state index in [1.807, 2.05) is 24.3 Å². The monoisotopic (exact) mass is 351 g/mol. The fourth-order valence-corrected chi connectivity index (χ4v) is 4.48. The average molecular weight is 351 g/mol. The smallest absolute Gasteiger partial charge is 0.142 e. The van der Waals surface area contributed by atoms with E-state index >= 15 is 0 Å². The molecule has 4 rings (SSSR count). The SMILES string of the molecule is COc1ccc([C@H]2N[C@H](c3ccc(OC)cc3)[C@H]3CCC[C@H]2C3=O)cc1. The number of rotatable bonds is 4. The molecule has 0 aromatic heterocycles. The first-order valence-corrected chi connectivity index (χ1v) is 9.29. The number of piperidine rings is 1. The lowest BCUT2D eigenvalue weighted by molar-refractivity contribution is -0.135. The summed E-state index contributed by atoms with van der Waals surface area (Å²) in [5, 5.41) is 3.79. The second kappa shape index (κ2) is 7.12. The minimum atomic E-state index is 0.0528. The van der Waals surface area contributed by atoms with E-state index in [9.17, 15) is 4.79 Å². The Balaban J connectivity index is 1.67. The first-order chi connectivity index (χ1) is 12.7. The van der Waals surface area contributed by atoms with Crippen molar-refractivity contribution in [2.75, 3.05) is 14.2 Å². The van der Waals surface area contributed by atoms with Gasteiger partial charge in [0.05, 0.1) is 14.2 Å². The topological polar surface area (TPSA) is 47.6 Å². The van der Waals surface area contributed by atoms with E-state index in [4.69, 9.17) is 9.47 Å². The molecule has 2 fully saturated rings. The molecule has 4 nitrogen and oxygen atoms in total. The van der Waals surface area contributed by atoms with Gasteiger partial charge in [0.2, 0.25) is 0 Å². The van der Waals surface area contributed by atoms with Crippen molar-refractivity contribution in [1.29, 1.82) is 0 Å². The predicted molar refractivity (Wildman–Crippen MR) is 100 cm³/mol. The van der Waals surface area contributed by atoms with Crippen LogP contribution in [0.25, 0.3) is 0 Å². The summed E-state index contributed by atoms with van der Waals surface area (Å²) in [7, 11) is 3.34. The fraction of sp³-hybridized carbons (Fsp3) is 0.409. The van der Waals surface area contributed by atoms with Crippen LogP contribution in [0.3, 0.4) is 0 Å². The molecule has 1 saturated heterocycles. The van der Waals surface area contributed by atoms with E-state index in [0.717, 1.165) is 41.9 Å². The van der Waals surface area contributed by atoms with Crippen LogP contribution in [-0.4, -0.2) is 20.0 Å². The Bertz CT molecular complexity index is 705. The molecule has 0 unspecified atom stereocenters. The van der Waals surface area contributed by atoms with E-state index in [1.54, 1.807) is 14.2 Å². The largest absolute Gasteiger partial charge is 0.497 e. The van der Waals surface area contributed by atoms with Gasteiger partial charge < -0.3 is 14.8 Å². The molecule has 0 amide bonds. The highest BCUT2D eigenvalue weighted by molar-refractivity contribution is 5.87. The molecule has 0 spiro atoms. The maximum atomic E-state index is 13.1. The molecule has 2 aromatic carbocycles. The van der Waals surface area contributed by atoms with Crippen LogP contribution in [0.1, 0.15) is 42.5 Å². The molecule has 4 atom stereocenters. The van der Waals surface area contributed by atoms with Crippen LogP contribution in [-0.2, 0) is 4.79 Å². The van der Waals surface area contributed by atoms with Crippen LogP contribution >= 0.6 is 0 Å². The molecule has 1 saturated carbocycles. The number of nitrogens with one attached hydrogen (secondary N) is 1. The lowest BCUT2D eigenvalue weighted by atomic mass is 9.67. The highest BCUT2D eigenvalue weighted by atomic mass is 16.5. The normalized spacial score (nSPS) is 27.8. The number of carbonyl (C=O) groups excluding carboxylic acids is 1. The highest BCUT2D eigenvalue weighted by Crippen LogP contribution is 2.46. The zero-order valence-corrected chi connectivity index (χ0v) is 15.3. The van der Waals surface area contributed by atoms with E-state index < -0.39 is 0 Å². The number of benzene rings is 2. The van der Waals surface area contributed by atoms with Crippen LogP contribution in [0.15, 0.2) is 48.5 Å². The second-order valence-corrected chi connectivity index (χ2v) is 7.21. The molecule has 136 valence electrons. The quantitative estimate of drug-likeness (QED) is 0.902. The van der Waals surface area contributed by atoms with E-state index in [-0.39, 0.29) is 23.9 Å². The van der Waals surface area contributed by atoms with Crippen molar-refractivity contribution in [2.45, 2.75) is 31.3 Å². The Hall–Kier alpha value is -2.33. The Morgan fingerprint density at radius 3 is 1.58 bits per heavy atom. The predicted octanol–water partition coefficient (Wildman–Crippen LogP) is 4.07. The molecular weight excluding hydrogens is 326 g/mol. The van der Waals surface area contributed by atoms with Gasteiger partial charge in [0, 0.05) is 23.9 Å². The summed E-state index contributed by atoms with van der Waals surface area (Å²) < 4.78 is 10.5. The number of ketones is 1. The van der Waals surface area contributed by atoms with Gasteiger partial charge in [-0.1, -0.05) is 30.7 Å². The molecule has 1 N–H and O–H groups in total. The molecule has 4 heteroatoms. The lowest BCUT2D eigenvalue weighted by Crippen LogP contribution is -2.50. The number of hydrogen-bond acceptors (Lipinski definition) is 4. The van der Waals surface area contributed by atoms with Crippen molar-refractivity contribution in [2.24, 2.45) is 11.8 Å². The highest BCUT2D eigenvalue weighted by Gasteiger charge is 2.46. The Morgan fingerprint density at radius 2 is 1.19 bits per heavy atom. The molecule has 26 heavy (non-hydrogen) atoms. The standard InChI is InChI=1S/C22H25NO3/c1-25-16-10-6-14(7-11-16)20-18-4-3-5-19(22(18)24)21(23-20)15-8-12-17(26-2)13-9-15/h6-13,18-21,23H,3-5H2,1-2H3/t18-,19-,20-,21-/m1/s1. The third-order valence-electron chi connectivity index (χ3n) is 5.87. The molecule has 2 aromatic rings. The van der Waals surface area contributed by atoms with Gasteiger partial charge in [-0.2, -0.15) is 0 Å². The first-order valence-electron chi connectivity index (χ1n) is 9.29. The molecule has 2 bridgehead atoms. The van der Waals surface area contributed by atoms with Gasteiger partial charge in [-0.05, 0) is 48.2 Å². The van der Waals surface area contributed by atoms with Gasteiger partial charge in [0.25, 0.3) is 0 Å². The maximum Gasteiger partial charge on any atom is 0.142 e. The molecule has 1 aliphatic heterocycles. The Morgan fingerprint density at radius 1 is 0.769 bits per heavy atom. The van der Waals surface area contributed by atoms with Crippen molar-refractivity contribution >= 4 is 5.78 Å². The molecule has 1 aliphatic carbocycles. The summed E-state index contributed by atoms with van der Waals surface area (Å²) >= 11 is 0. The van der Waals surface area contributed by atoms with Crippen molar-refractivity contribution in [3.05, 3.63) is 59.7 Å². The van der Waals surface area contributed by atoms with Gasteiger partial charge in [0.1, 0.15) is 17.3 Å². The van der Waals surface area contributed by atoms with Crippen molar-refractivity contribution in [3.8, 4) is 11.5 Å². The zero-order chi connectivity index (χ0) is 18.1. The van der Waals surface area contributed by atoms with Gasteiger partial charge in [-0.3, -0.25) is 4.79 Å². The van der Waals surface area contributed by atoms with Gasteiger partial charge in [-0.25, -0.2) is 0 Å². The number of carbonyl (C=O) groups is 1. The molecule has 0 radical (unpaired) electrons. The van der Waals surface area contributed by atoms with Crippen LogP contribution in [0.5, 0.6) is 11.5 Å². The minimum Gasteiger partial charge on any atom is -0.497 e. The van der Waals surface area contributed by atoms with Crippen molar-refractivity contribution < 1.29 is 14.3 Å². The van der Waals surface area contributed by atoms with Crippen molar-refractivity contribution in [3.63, 3.8) is 0 Å². The molecule has 2 aliphatic rings. The summed E-state index contributed by atoms with van der Waals surface area (Å²) in [4.78, 5) is 13.1. The number of methoxy groups -OCH3 is 2. The van der Waals surface area contributed by atoms with Crippen LogP contribution in [0.2, 0.25) is 0 Å². The summed E-state index contributed by atoms with van der Waals surface area (Å²) in [5.41, 5.74) is 2.31. The first kappa shape index (κ1) is 17.1. The second-order valence-electron chi connectivity index (χ2n) is 7.21. The van der Waals surface area contributed by atoms with E-state index in [1.165, 1.54) is 0 Å². The summed E-state index contributed by atoms with van der Waals surface area (Å²) in [6.45, 7) is 0. The fourth-order valence-electron chi connectivity index (χ4n) is 4.48. The molecular formula is C22H25NO3. The summed E-state index contributed by atoms with van der Waals surface area (Å²) in [6, 6.07) is 16.3. The zero-order valence-electron chi connectivity index (χ0n) is 15.3. The van der Waals surface area contributed by atoms with Gasteiger partial charge >= 0.3 is 0 Å². The van der Waals surface area contributed by atoms with Crippen LogP contribution < -0.4 is 14.8 Å². The van der Waals surface area contributed by atoms with Crippen LogP contribution in [0.4, 0.5) is 0 Å². The van der Waals surface area contributed by atoms with E-state index in [2.05, 4.69) is 29.6 Å². The van der Waals surface area contributed by atoms with Crippen LogP contribution in [0, 0.1) is 11.8 Å². The van der Waals surface area contributed by atoms with E-state index in [0.29, 0.717) is 5.78 Å². The number of hydrogen-bond donors (Lipinski definition) is 1. The maximum absolute atomic E-state index is 13.1. The average Bonchev–Trinajstić information content (AvgIpc) is 2.68. The van der Waals surface area contributed by atoms with Gasteiger partial charge in [-0.15, -0.1) is 0 Å². The lowest BCUT2D eigenvalue weighted by Gasteiger charge is -2.45. The third-order valence-corrected chi connectivity index (χ3v) is 5.87. The van der Waals surface area contributed by atoms with Crippen molar-refractivity contribution in [1.82, 2.24) is 5.32 Å². The number of ether oxygens (including phenoxy) is 2. The summed E-state index contributed by atoms with van der Waals surface area (Å²) in [6.07, 6.45) is 3.05. The molecule has 1 heterocycles. The Labute approximate surface area is 154 Å².